The minimum absolute atomic E-state index is 0.0820. The van der Waals surface area contributed by atoms with E-state index < -0.39 is 7.82 Å². The third-order valence-electron chi connectivity index (χ3n) is 2.08. The van der Waals surface area contributed by atoms with Gasteiger partial charge in [-0.1, -0.05) is 34.8 Å². The van der Waals surface area contributed by atoms with Crippen LogP contribution in [0.3, 0.4) is 0 Å². The topological polar surface area (TPSA) is 44.8 Å². The standard InChI is InChI=1S/C12H14Cl3O4P/c1-3-17-20(16,18-4-2)19-12(8-13)10-6-5-9(14)7-11(10)15/h5-8H,3-4H2,1-2H3/b12-8+/i8+2. The van der Waals surface area contributed by atoms with Crippen molar-refractivity contribution < 1.29 is 18.1 Å². The summed E-state index contributed by atoms with van der Waals surface area (Å²) in [6.07, 6.45) is 0. The van der Waals surface area contributed by atoms with Gasteiger partial charge in [0, 0.05) is 16.1 Å². The van der Waals surface area contributed by atoms with Crippen molar-refractivity contribution in [2.24, 2.45) is 0 Å². The van der Waals surface area contributed by atoms with Crippen LogP contribution in [0, 0.1) is 0 Å². The summed E-state index contributed by atoms with van der Waals surface area (Å²) in [5.41, 5.74) is 1.55. The first-order valence-corrected chi connectivity index (χ1v) is 8.45. The van der Waals surface area contributed by atoms with E-state index in [1.165, 1.54) is 6.07 Å². The fourth-order valence-electron chi connectivity index (χ4n) is 1.34. The average molecular weight is 362 g/mol. The second-order valence-corrected chi connectivity index (χ2v) is 6.13. The Balaban J connectivity index is 3.05. The van der Waals surface area contributed by atoms with Gasteiger partial charge >= 0.3 is 7.82 Å². The number of hydrogen-bond acceptors (Lipinski definition) is 4. The third kappa shape index (κ3) is 4.96. The van der Waals surface area contributed by atoms with Crippen molar-refractivity contribution >= 4 is 48.4 Å². The van der Waals surface area contributed by atoms with Crippen LogP contribution in [0.1, 0.15) is 19.4 Å². The van der Waals surface area contributed by atoms with E-state index in [0.29, 0.717) is 15.6 Å². The van der Waals surface area contributed by atoms with Gasteiger partial charge in [0.2, 0.25) is 0 Å². The molecule has 0 saturated carbocycles. The molecule has 0 amide bonds. The van der Waals surface area contributed by atoms with Crippen LogP contribution in [0.25, 0.3) is 5.76 Å². The second-order valence-electron chi connectivity index (χ2n) is 3.47. The Kier molecular flexibility index (Phi) is 7.38. The summed E-state index contributed by atoms with van der Waals surface area (Å²) >= 11 is 17.6. The number of benzene rings is 1. The van der Waals surface area contributed by atoms with Gasteiger partial charge in [-0.05, 0) is 32.0 Å². The van der Waals surface area contributed by atoms with Crippen LogP contribution >= 0.6 is 42.6 Å². The summed E-state index contributed by atoms with van der Waals surface area (Å²) < 4.78 is 27.6. The summed E-state index contributed by atoms with van der Waals surface area (Å²) in [6, 6.07) is 4.73. The zero-order chi connectivity index (χ0) is 15.2. The maximum Gasteiger partial charge on any atom is 0.530 e. The number of halogens is 3. The third-order valence-corrected chi connectivity index (χ3v) is 4.40. The van der Waals surface area contributed by atoms with Crippen molar-refractivity contribution in [2.75, 3.05) is 13.2 Å². The molecule has 20 heavy (non-hydrogen) atoms. The Morgan fingerprint density at radius 1 is 1.25 bits per heavy atom. The van der Waals surface area contributed by atoms with Crippen LogP contribution < -0.4 is 0 Å². The van der Waals surface area contributed by atoms with E-state index in [-0.39, 0.29) is 19.0 Å². The SMILES string of the molecule is CCOP(=O)(OCC)O/C(=[14CH]/Cl)c1ccc(Cl)cc1Cl. The van der Waals surface area contributed by atoms with E-state index in [4.69, 9.17) is 48.4 Å². The lowest BCUT2D eigenvalue weighted by Crippen LogP contribution is -2.00. The summed E-state index contributed by atoms with van der Waals surface area (Å²) in [5, 5.41) is 0.773. The maximum atomic E-state index is 12.3. The first kappa shape index (κ1) is 17.8. The average Bonchev–Trinajstić information content (AvgIpc) is 2.37. The van der Waals surface area contributed by atoms with Gasteiger partial charge in [-0.3, -0.25) is 9.05 Å². The molecule has 0 saturated heterocycles. The predicted molar refractivity (Wildman–Crippen MR) is 82.2 cm³/mol. The smallest absolute Gasteiger partial charge is 0.402 e. The molecule has 1 rings (SSSR count). The summed E-state index contributed by atoms with van der Waals surface area (Å²) in [7, 11) is -3.73. The maximum absolute atomic E-state index is 12.3. The molecule has 0 bridgehead atoms. The van der Waals surface area contributed by atoms with Crippen LogP contribution in [0.5, 0.6) is 0 Å². The molecular formula is C12H14Cl3O4P. The minimum atomic E-state index is -3.73. The molecule has 0 aliphatic heterocycles. The normalized spacial score (nSPS) is 12.6. The highest BCUT2D eigenvalue weighted by molar-refractivity contribution is 7.48. The van der Waals surface area contributed by atoms with Crippen LogP contribution in [0.2, 0.25) is 10.0 Å². The molecule has 0 heterocycles. The molecule has 0 aliphatic carbocycles. The zero-order valence-corrected chi connectivity index (χ0v) is 14.1. The van der Waals surface area contributed by atoms with Crippen LogP contribution in [-0.4, -0.2) is 13.2 Å². The molecule has 1 aromatic rings. The van der Waals surface area contributed by atoms with Crippen LogP contribution in [0.15, 0.2) is 23.7 Å². The second kappa shape index (κ2) is 8.28. The van der Waals surface area contributed by atoms with E-state index in [0.717, 1.165) is 5.54 Å². The fraction of sp³-hybridized carbons (Fsp3) is 0.333. The van der Waals surface area contributed by atoms with Gasteiger partial charge in [-0.25, -0.2) is 4.57 Å². The molecule has 1 aromatic carbocycles. The van der Waals surface area contributed by atoms with Gasteiger partial charge in [0.05, 0.1) is 18.2 Å². The molecule has 112 valence electrons. The highest BCUT2D eigenvalue weighted by atomic mass is 35.5. The van der Waals surface area contributed by atoms with Gasteiger partial charge in [-0.15, -0.1) is 0 Å². The number of hydrogen-bond donors (Lipinski definition) is 0. The van der Waals surface area contributed by atoms with E-state index in [9.17, 15) is 4.57 Å². The molecule has 0 fully saturated rings. The van der Waals surface area contributed by atoms with Crippen molar-refractivity contribution in [3.63, 3.8) is 0 Å². The Morgan fingerprint density at radius 2 is 1.85 bits per heavy atom. The molecular weight excluding hydrogens is 347 g/mol. The highest BCUT2D eigenvalue weighted by Gasteiger charge is 2.29. The van der Waals surface area contributed by atoms with E-state index in [2.05, 4.69) is 0 Å². The van der Waals surface area contributed by atoms with Crippen molar-refractivity contribution in [3.8, 4) is 0 Å². The molecule has 0 N–H and O–H groups in total. The fourth-order valence-corrected chi connectivity index (χ4v) is 3.27. The van der Waals surface area contributed by atoms with Gasteiger partial charge in [0.15, 0.2) is 5.76 Å². The first-order chi connectivity index (χ1) is 9.45. The highest BCUT2D eigenvalue weighted by Crippen LogP contribution is 2.53. The Morgan fingerprint density at radius 3 is 2.30 bits per heavy atom. The van der Waals surface area contributed by atoms with Crippen molar-refractivity contribution in [2.45, 2.75) is 13.8 Å². The molecule has 4 nitrogen and oxygen atoms in total. The molecule has 0 spiro atoms. The zero-order valence-electron chi connectivity index (χ0n) is 10.9. The van der Waals surface area contributed by atoms with Crippen molar-refractivity contribution in [1.82, 2.24) is 0 Å². The van der Waals surface area contributed by atoms with Gasteiger partial charge in [0.1, 0.15) is 0 Å². The van der Waals surface area contributed by atoms with Crippen LogP contribution in [0.4, 0.5) is 0 Å². The van der Waals surface area contributed by atoms with E-state index >= 15 is 0 Å². The molecule has 0 radical (unpaired) electrons. The summed E-state index contributed by atoms with van der Waals surface area (Å²) in [5.74, 6) is 0.0820. The lowest BCUT2D eigenvalue weighted by Gasteiger charge is -2.19. The Hall–Kier alpha value is -0.220. The van der Waals surface area contributed by atoms with Crippen LogP contribution in [-0.2, 0) is 18.1 Å². The van der Waals surface area contributed by atoms with Crippen molar-refractivity contribution in [3.05, 3.63) is 39.3 Å². The molecule has 0 atom stereocenters. The molecule has 0 unspecified atom stereocenters. The summed E-state index contributed by atoms with van der Waals surface area (Å²) in [4.78, 5) is 0. The largest absolute Gasteiger partial charge is 0.530 e. The number of rotatable bonds is 7. The molecule has 0 aromatic heterocycles. The van der Waals surface area contributed by atoms with E-state index in [1.807, 2.05) is 0 Å². The Labute approximate surface area is 133 Å². The molecule has 0 aliphatic rings. The lowest BCUT2D eigenvalue weighted by atomic mass is 10.2. The van der Waals surface area contributed by atoms with Gasteiger partial charge in [-0.2, -0.15) is 0 Å². The number of phosphoric acid groups is 1. The lowest BCUT2D eigenvalue weighted by molar-refractivity contribution is 0.159. The molecule has 8 heteroatoms. The van der Waals surface area contributed by atoms with Gasteiger partial charge in [0.25, 0.3) is 0 Å². The van der Waals surface area contributed by atoms with Crippen molar-refractivity contribution in [1.29, 1.82) is 0 Å². The number of phosphoric ester groups is 1. The van der Waals surface area contributed by atoms with E-state index in [1.54, 1.807) is 26.0 Å². The predicted octanol–water partition coefficient (Wildman–Crippen LogP) is 5.73. The van der Waals surface area contributed by atoms with Gasteiger partial charge < -0.3 is 4.52 Å². The quantitative estimate of drug-likeness (QED) is 0.459. The first-order valence-electron chi connectivity index (χ1n) is 5.80. The summed E-state index contributed by atoms with van der Waals surface area (Å²) in [6.45, 7) is 3.69. The monoisotopic (exact) mass is 360 g/mol. The Bertz CT molecular complexity index is 523. The minimum Gasteiger partial charge on any atom is -0.402 e.